The van der Waals surface area contributed by atoms with E-state index in [1.807, 2.05) is 24.3 Å². The molecular formula is C25H28N2O6. The number of benzene rings is 2. The van der Waals surface area contributed by atoms with E-state index < -0.39 is 17.4 Å². The van der Waals surface area contributed by atoms with Crippen LogP contribution in [-0.2, 0) is 21.7 Å². The van der Waals surface area contributed by atoms with E-state index in [-0.39, 0.29) is 19.2 Å². The molecule has 8 nitrogen and oxygen atoms in total. The number of hydrogen-bond donors (Lipinski definition) is 2. The van der Waals surface area contributed by atoms with Gasteiger partial charge in [-0.3, -0.25) is 9.69 Å². The number of methoxy groups -OCH3 is 1. The molecule has 2 heterocycles. The number of ether oxygens (including phenoxy) is 2. The fourth-order valence-electron chi connectivity index (χ4n) is 4.36. The van der Waals surface area contributed by atoms with E-state index in [9.17, 15) is 14.7 Å². The molecule has 1 saturated heterocycles. The molecule has 2 aliphatic heterocycles. The molecule has 0 saturated carbocycles. The fourth-order valence-corrected chi connectivity index (χ4v) is 4.36. The van der Waals surface area contributed by atoms with Gasteiger partial charge in [0.25, 0.3) is 5.91 Å². The third kappa shape index (κ3) is 4.07. The zero-order valence-electron chi connectivity index (χ0n) is 18.7. The first kappa shape index (κ1) is 22.8. The molecule has 0 radical (unpaired) electrons. The molecule has 0 bridgehead atoms. The van der Waals surface area contributed by atoms with E-state index >= 15 is 0 Å². The van der Waals surface area contributed by atoms with Gasteiger partial charge in [0, 0.05) is 23.8 Å². The molecule has 2 atom stereocenters. The van der Waals surface area contributed by atoms with Gasteiger partial charge in [0.05, 0.1) is 25.9 Å². The molecule has 0 aromatic heterocycles. The smallest absolute Gasteiger partial charge is 0.414 e. The van der Waals surface area contributed by atoms with Crippen LogP contribution < -0.4 is 14.5 Å². The van der Waals surface area contributed by atoms with E-state index in [1.165, 1.54) is 7.11 Å². The minimum atomic E-state index is -1.77. The Labute approximate surface area is 192 Å². The van der Waals surface area contributed by atoms with Crippen LogP contribution in [0.25, 0.3) is 0 Å². The number of anilines is 2. The summed E-state index contributed by atoms with van der Waals surface area (Å²) in [5, 5.41) is 20.8. The van der Waals surface area contributed by atoms with Crippen molar-refractivity contribution in [3.8, 4) is 5.75 Å². The number of cyclic esters (lactones) is 1. The Morgan fingerprint density at radius 3 is 2.76 bits per heavy atom. The van der Waals surface area contributed by atoms with Gasteiger partial charge in [0.2, 0.25) is 0 Å². The van der Waals surface area contributed by atoms with Crippen molar-refractivity contribution >= 4 is 23.4 Å². The van der Waals surface area contributed by atoms with Crippen molar-refractivity contribution in [2.24, 2.45) is 5.92 Å². The molecule has 1 fully saturated rings. The van der Waals surface area contributed by atoms with Gasteiger partial charge < -0.3 is 24.6 Å². The molecule has 8 heteroatoms. The Balaban J connectivity index is 1.69. The Bertz CT molecular complexity index is 1080. The predicted octanol–water partition coefficient (Wildman–Crippen LogP) is 2.96. The second kappa shape index (κ2) is 9.25. The van der Waals surface area contributed by atoms with Crippen molar-refractivity contribution < 1.29 is 29.3 Å². The summed E-state index contributed by atoms with van der Waals surface area (Å²) in [5.41, 5.74) is 0.831. The maximum Gasteiger partial charge on any atom is 0.414 e. The number of nitrogens with zero attached hydrogens (tertiary/aromatic N) is 2. The van der Waals surface area contributed by atoms with E-state index in [1.54, 1.807) is 47.1 Å². The van der Waals surface area contributed by atoms with Gasteiger partial charge in [-0.25, -0.2) is 4.79 Å². The van der Waals surface area contributed by atoms with Crippen LogP contribution >= 0.6 is 0 Å². The minimum absolute atomic E-state index is 0.00691. The van der Waals surface area contributed by atoms with Crippen molar-refractivity contribution in [1.82, 2.24) is 0 Å². The summed E-state index contributed by atoms with van der Waals surface area (Å²) < 4.78 is 10.4. The highest BCUT2D eigenvalue weighted by atomic mass is 16.6. The molecule has 2 aromatic carbocycles. The topological polar surface area (TPSA) is 99.5 Å². The van der Waals surface area contributed by atoms with E-state index in [4.69, 9.17) is 14.6 Å². The maximum absolute atomic E-state index is 13.6. The minimum Gasteiger partial charge on any atom is -0.497 e. The van der Waals surface area contributed by atoms with Crippen molar-refractivity contribution in [2.45, 2.75) is 25.5 Å². The fraction of sp³-hybridized carbons (Fsp3) is 0.360. The van der Waals surface area contributed by atoms with Crippen LogP contribution in [0.15, 0.2) is 54.6 Å². The lowest BCUT2D eigenvalue weighted by atomic mass is 9.83. The molecule has 2 aliphatic rings. The molecule has 2 amide bonds. The lowest BCUT2D eigenvalue weighted by molar-refractivity contribution is -0.139. The first-order chi connectivity index (χ1) is 15.9. The number of rotatable bonds is 8. The van der Waals surface area contributed by atoms with Crippen LogP contribution in [0.4, 0.5) is 16.2 Å². The first-order valence-electron chi connectivity index (χ1n) is 10.9. The largest absolute Gasteiger partial charge is 0.497 e. The van der Waals surface area contributed by atoms with Crippen LogP contribution in [0.3, 0.4) is 0 Å². The van der Waals surface area contributed by atoms with Gasteiger partial charge in [-0.15, -0.1) is 0 Å². The summed E-state index contributed by atoms with van der Waals surface area (Å²) in [7, 11) is 1.54. The Morgan fingerprint density at radius 2 is 2.06 bits per heavy atom. The number of hydrogen-bond acceptors (Lipinski definition) is 6. The lowest BCUT2D eigenvalue weighted by Crippen LogP contribution is -2.44. The SMILES string of the molecule is COc1ccc2c(c1)[C@@](O)([C@H](C)/C=C/CCO)C(=O)N2Cc1cccc(N2CCOC2=O)c1. The van der Waals surface area contributed by atoms with E-state index in [2.05, 4.69) is 0 Å². The normalized spacial score (nSPS) is 21.0. The number of carbonyl (C=O) groups excluding carboxylic acids is 2. The van der Waals surface area contributed by atoms with Crippen LogP contribution in [0.2, 0.25) is 0 Å². The number of fused-ring (bicyclic) bond motifs is 1. The number of aliphatic hydroxyl groups excluding tert-OH is 1. The number of aliphatic hydroxyl groups is 2. The van der Waals surface area contributed by atoms with Gasteiger partial charge in [0.1, 0.15) is 12.4 Å². The second-order valence-corrected chi connectivity index (χ2v) is 8.21. The number of amides is 2. The third-order valence-electron chi connectivity index (χ3n) is 6.18. The van der Waals surface area contributed by atoms with Crippen molar-refractivity contribution in [1.29, 1.82) is 0 Å². The van der Waals surface area contributed by atoms with Crippen molar-refractivity contribution in [3.63, 3.8) is 0 Å². The predicted molar refractivity (Wildman–Crippen MR) is 123 cm³/mol. The van der Waals surface area contributed by atoms with Gasteiger partial charge in [-0.1, -0.05) is 31.2 Å². The van der Waals surface area contributed by atoms with Crippen LogP contribution in [0, 0.1) is 5.92 Å². The Kier molecular flexibility index (Phi) is 6.40. The highest BCUT2D eigenvalue weighted by Crippen LogP contribution is 2.47. The summed E-state index contributed by atoms with van der Waals surface area (Å²) in [5.74, 6) is -0.418. The van der Waals surface area contributed by atoms with Crippen LogP contribution in [0.1, 0.15) is 24.5 Å². The van der Waals surface area contributed by atoms with Gasteiger partial charge in [0.15, 0.2) is 5.60 Å². The Hall–Kier alpha value is -3.36. The highest BCUT2D eigenvalue weighted by molar-refractivity contribution is 6.07. The van der Waals surface area contributed by atoms with Crippen molar-refractivity contribution in [3.05, 3.63) is 65.7 Å². The highest BCUT2D eigenvalue weighted by Gasteiger charge is 2.52. The second-order valence-electron chi connectivity index (χ2n) is 8.21. The Morgan fingerprint density at radius 1 is 1.24 bits per heavy atom. The molecular weight excluding hydrogens is 424 g/mol. The summed E-state index contributed by atoms with van der Waals surface area (Å²) >= 11 is 0. The molecule has 33 heavy (non-hydrogen) atoms. The van der Waals surface area contributed by atoms with E-state index in [0.29, 0.717) is 42.3 Å². The molecule has 2 aromatic rings. The quantitative estimate of drug-likeness (QED) is 0.598. The first-order valence-corrected chi connectivity index (χ1v) is 10.9. The van der Waals surface area contributed by atoms with Gasteiger partial charge in [-0.2, -0.15) is 0 Å². The average Bonchev–Trinajstić information content (AvgIpc) is 3.35. The zero-order valence-corrected chi connectivity index (χ0v) is 18.7. The maximum atomic E-state index is 13.6. The summed E-state index contributed by atoms with van der Waals surface area (Å²) in [6.07, 6.45) is 3.56. The molecule has 174 valence electrons. The van der Waals surface area contributed by atoms with Gasteiger partial charge >= 0.3 is 6.09 Å². The zero-order chi connectivity index (χ0) is 23.6. The summed E-state index contributed by atoms with van der Waals surface area (Å²) in [4.78, 5) is 28.7. The average molecular weight is 453 g/mol. The standard InChI is InChI=1S/C25H28N2O6/c1-17(6-3-4-12-28)25(31)21-15-20(32-2)9-10-22(21)27(23(25)29)16-18-7-5-8-19(14-18)26-11-13-33-24(26)30/h3,5-10,14-15,17,28,31H,4,11-13,16H2,1-2H3/b6-3+/t17-,25+/m1/s1. The van der Waals surface area contributed by atoms with Gasteiger partial charge in [-0.05, 0) is 42.3 Å². The third-order valence-corrected chi connectivity index (χ3v) is 6.18. The van der Waals surface area contributed by atoms with E-state index in [0.717, 1.165) is 5.56 Å². The van der Waals surface area contributed by atoms with Crippen LogP contribution in [-0.4, -0.2) is 49.1 Å². The molecule has 0 spiro atoms. The monoisotopic (exact) mass is 452 g/mol. The number of carbonyl (C=O) groups is 2. The lowest BCUT2D eigenvalue weighted by Gasteiger charge is -2.28. The molecule has 4 rings (SSSR count). The summed E-state index contributed by atoms with van der Waals surface area (Å²) in [6, 6.07) is 12.6. The summed E-state index contributed by atoms with van der Waals surface area (Å²) in [6.45, 7) is 2.82. The van der Waals surface area contributed by atoms with Crippen LogP contribution in [0.5, 0.6) is 5.75 Å². The molecule has 0 aliphatic carbocycles. The van der Waals surface area contributed by atoms with Crippen molar-refractivity contribution in [2.75, 3.05) is 36.7 Å². The molecule has 2 N–H and O–H groups in total. The molecule has 0 unspecified atom stereocenters.